The molecule has 0 radical (unpaired) electrons. The predicted octanol–water partition coefficient (Wildman–Crippen LogP) is 2.24. The van der Waals surface area contributed by atoms with Gasteiger partial charge in [0.25, 0.3) is 5.91 Å². The molecule has 0 unspecified atom stereocenters. The quantitative estimate of drug-likeness (QED) is 0.818. The number of hydrogen-bond donors (Lipinski definition) is 0. The molecule has 0 fully saturated rings. The van der Waals surface area contributed by atoms with E-state index in [1.807, 2.05) is 33.3 Å². The number of rotatable bonds is 6. The number of aryl methyl sites for hydroxylation is 2. The Labute approximate surface area is 124 Å². The summed E-state index contributed by atoms with van der Waals surface area (Å²) in [6.07, 6.45) is 5.65. The Hall–Kier alpha value is -2.11. The molecular formula is C15H22N4O2. The van der Waals surface area contributed by atoms with Gasteiger partial charge in [-0.15, -0.1) is 0 Å². The first-order valence-electron chi connectivity index (χ1n) is 7.17. The first-order chi connectivity index (χ1) is 9.97. The third kappa shape index (κ3) is 3.93. The highest BCUT2D eigenvalue weighted by Gasteiger charge is 2.17. The Morgan fingerprint density at radius 2 is 2.24 bits per heavy atom. The lowest BCUT2D eigenvalue weighted by Crippen LogP contribution is -2.28. The fraction of sp³-hybridized carbons (Fsp3) is 0.533. The standard InChI is InChI=1S/C15H22N4O2/c1-11(2)14-8-13(17-21-14)15(20)18(3)7-5-6-12-9-16-19(4)10-12/h8-11H,5-7H2,1-4H3. The second kappa shape index (κ2) is 6.56. The van der Waals surface area contributed by atoms with Crippen molar-refractivity contribution in [2.75, 3.05) is 13.6 Å². The smallest absolute Gasteiger partial charge is 0.275 e. The Morgan fingerprint density at radius 3 is 2.81 bits per heavy atom. The van der Waals surface area contributed by atoms with E-state index >= 15 is 0 Å². The zero-order valence-electron chi connectivity index (χ0n) is 13.0. The Bertz CT molecular complexity index is 600. The maximum absolute atomic E-state index is 12.2. The highest BCUT2D eigenvalue weighted by molar-refractivity contribution is 5.92. The van der Waals surface area contributed by atoms with Crippen LogP contribution in [0.3, 0.4) is 0 Å². The molecule has 0 aliphatic heterocycles. The minimum Gasteiger partial charge on any atom is -0.360 e. The van der Waals surface area contributed by atoms with Crippen molar-refractivity contribution in [1.29, 1.82) is 0 Å². The van der Waals surface area contributed by atoms with Crippen LogP contribution in [0.5, 0.6) is 0 Å². The summed E-state index contributed by atoms with van der Waals surface area (Å²) in [5.41, 5.74) is 1.56. The van der Waals surface area contributed by atoms with Crippen LogP contribution >= 0.6 is 0 Å². The van der Waals surface area contributed by atoms with Gasteiger partial charge in [0.2, 0.25) is 0 Å². The monoisotopic (exact) mass is 290 g/mol. The summed E-state index contributed by atoms with van der Waals surface area (Å²) in [6.45, 7) is 4.69. The first-order valence-corrected chi connectivity index (χ1v) is 7.17. The van der Waals surface area contributed by atoms with E-state index in [1.165, 1.54) is 5.56 Å². The lowest BCUT2D eigenvalue weighted by atomic mass is 10.1. The fourth-order valence-electron chi connectivity index (χ4n) is 2.08. The maximum Gasteiger partial charge on any atom is 0.275 e. The third-order valence-corrected chi connectivity index (χ3v) is 3.38. The molecule has 2 rings (SSSR count). The molecule has 114 valence electrons. The zero-order valence-corrected chi connectivity index (χ0v) is 13.0. The normalized spacial score (nSPS) is 11.1. The van der Waals surface area contributed by atoms with E-state index in [1.54, 1.807) is 22.7 Å². The van der Waals surface area contributed by atoms with Crippen LogP contribution in [0, 0.1) is 0 Å². The molecule has 0 aliphatic carbocycles. The molecule has 0 aromatic carbocycles. The molecule has 0 bridgehead atoms. The van der Waals surface area contributed by atoms with Gasteiger partial charge in [0.1, 0.15) is 5.76 Å². The largest absolute Gasteiger partial charge is 0.360 e. The lowest BCUT2D eigenvalue weighted by molar-refractivity contribution is 0.0783. The Kier molecular flexibility index (Phi) is 4.77. The van der Waals surface area contributed by atoms with Crippen molar-refractivity contribution in [2.45, 2.75) is 32.6 Å². The molecule has 1 amide bonds. The van der Waals surface area contributed by atoms with Crippen LogP contribution in [0.4, 0.5) is 0 Å². The number of carbonyl (C=O) groups is 1. The van der Waals surface area contributed by atoms with E-state index in [4.69, 9.17) is 4.52 Å². The van der Waals surface area contributed by atoms with Gasteiger partial charge in [0.15, 0.2) is 5.69 Å². The second-order valence-corrected chi connectivity index (χ2v) is 5.62. The lowest BCUT2D eigenvalue weighted by Gasteiger charge is -2.14. The van der Waals surface area contributed by atoms with Crippen LogP contribution in [0.1, 0.15) is 48.0 Å². The van der Waals surface area contributed by atoms with Gasteiger partial charge in [-0.05, 0) is 18.4 Å². The van der Waals surface area contributed by atoms with Crippen LogP contribution < -0.4 is 0 Å². The number of nitrogens with zero attached hydrogens (tertiary/aromatic N) is 4. The average Bonchev–Trinajstić information content (AvgIpc) is 3.07. The minimum atomic E-state index is -0.100. The summed E-state index contributed by atoms with van der Waals surface area (Å²) in [4.78, 5) is 13.9. The second-order valence-electron chi connectivity index (χ2n) is 5.62. The van der Waals surface area contributed by atoms with Crippen molar-refractivity contribution in [2.24, 2.45) is 7.05 Å². The van der Waals surface area contributed by atoms with Gasteiger partial charge in [-0.25, -0.2) is 0 Å². The van der Waals surface area contributed by atoms with Crippen molar-refractivity contribution < 1.29 is 9.32 Å². The van der Waals surface area contributed by atoms with E-state index in [0.717, 1.165) is 18.6 Å². The molecule has 0 saturated heterocycles. The highest BCUT2D eigenvalue weighted by atomic mass is 16.5. The van der Waals surface area contributed by atoms with Crippen molar-refractivity contribution in [3.63, 3.8) is 0 Å². The molecule has 2 aromatic rings. The molecule has 6 heteroatoms. The Balaban J connectivity index is 1.84. The van der Waals surface area contributed by atoms with Gasteiger partial charge in [-0.2, -0.15) is 5.10 Å². The van der Waals surface area contributed by atoms with Gasteiger partial charge >= 0.3 is 0 Å². The summed E-state index contributed by atoms with van der Waals surface area (Å²) in [6, 6.07) is 1.73. The number of amides is 1. The van der Waals surface area contributed by atoms with Gasteiger partial charge < -0.3 is 9.42 Å². The van der Waals surface area contributed by atoms with Gasteiger partial charge in [0, 0.05) is 38.8 Å². The van der Waals surface area contributed by atoms with Crippen molar-refractivity contribution in [3.05, 3.63) is 35.5 Å². The summed E-state index contributed by atoms with van der Waals surface area (Å²) >= 11 is 0. The molecule has 21 heavy (non-hydrogen) atoms. The molecule has 2 heterocycles. The predicted molar refractivity (Wildman–Crippen MR) is 79.1 cm³/mol. The molecule has 0 aliphatic rings. The zero-order chi connectivity index (χ0) is 15.4. The minimum absolute atomic E-state index is 0.100. The Morgan fingerprint density at radius 1 is 1.48 bits per heavy atom. The summed E-state index contributed by atoms with van der Waals surface area (Å²) < 4.78 is 6.95. The maximum atomic E-state index is 12.2. The van der Waals surface area contributed by atoms with Crippen LogP contribution in [-0.2, 0) is 13.5 Å². The number of aromatic nitrogens is 3. The molecule has 0 spiro atoms. The summed E-state index contributed by atoms with van der Waals surface area (Å²) in [5, 5.41) is 7.98. The van der Waals surface area contributed by atoms with E-state index in [0.29, 0.717) is 12.2 Å². The molecule has 6 nitrogen and oxygen atoms in total. The van der Waals surface area contributed by atoms with Crippen LogP contribution in [0.25, 0.3) is 0 Å². The van der Waals surface area contributed by atoms with Crippen molar-refractivity contribution >= 4 is 5.91 Å². The molecule has 0 atom stereocenters. The number of hydrogen-bond acceptors (Lipinski definition) is 4. The number of carbonyl (C=O) groups excluding carboxylic acids is 1. The van der Waals surface area contributed by atoms with Crippen LogP contribution in [0.15, 0.2) is 23.0 Å². The van der Waals surface area contributed by atoms with Crippen LogP contribution in [0.2, 0.25) is 0 Å². The summed E-state index contributed by atoms with van der Waals surface area (Å²) in [7, 11) is 3.69. The van der Waals surface area contributed by atoms with Gasteiger partial charge in [0.05, 0.1) is 6.20 Å². The van der Waals surface area contributed by atoms with Crippen LogP contribution in [-0.4, -0.2) is 39.3 Å². The highest BCUT2D eigenvalue weighted by Crippen LogP contribution is 2.16. The van der Waals surface area contributed by atoms with Crippen molar-refractivity contribution in [1.82, 2.24) is 19.8 Å². The van der Waals surface area contributed by atoms with E-state index in [-0.39, 0.29) is 11.8 Å². The first kappa shape index (κ1) is 15.3. The van der Waals surface area contributed by atoms with Gasteiger partial charge in [-0.3, -0.25) is 9.48 Å². The van der Waals surface area contributed by atoms with Crippen molar-refractivity contribution in [3.8, 4) is 0 Å². The molecular weight excluding hydrogens is 268 g/mol. The van der Waals surface area contributed by atoms with Gasteiger partial charge in [-0.1, -0.05) is 19.0 Å². The summed E-state index contributed by atoms with van der Waals surface area (Å²) in [5.74, 6) is 0.869. The SMILES string of the molecule is CC(C)c1cc(C(=O)N(C)CCCc2cnn(C)c2)no1. The molecule has 0 saturated carbocycles. The fourth-order valence-corrected chi connectivity index (χ4v) is 2.08. The molecule has 2 aromatic heterocycles. The van der Waals surface area contributed by atoms with E-state index < -0.39 is 0 Å². The van der Waals surface area contributed by atoms with E-state index in [9.17, 15) is 4.79 Å². The third-order valence-electron chi connectivity index (χ3n) is 3.38. The molecule has 0 N–H and O–H groups in total. The van der Waals surface area contributed by atoms with E-state index in [2.05, 4.69) is 10.3 Å². The topological polar surface area (TPSA) is 64.2 Å². The average molecular weight is 290 g/mol.